The summed E-state index contributed by atoms with van der Waals surface area (Å²) in [5, 5.41) is 32.1. The summed E-state index contributed by atoms with van der Waals surface area (Å²) in [6, 6.07) is 0. The number of halogens is 1. The molecule has 0 aliphatic heterocycles. The largest absolute Gasteiger partial charge is 0.364 e. The third-order valence-corrected chi connectivity index (χ3v) is 0.678. The smallest absolute Gasteiger partial charge is 0.228 e. The zero-order valence-corrected chi connectivity index (χ0v) is 7.34. The molecule has 4 nitrogen and oxygen atoms in total. The van der Waals surface area contributed by atoms with Crippen LogP contribution in [-0.4, -0.2) is 32.2 Å². The minimum atomic E-state index is -2.47. The van der Waals surface area contributed by atoms with Crippen molar-refractivity contribution in [1.29, 1.82) is 0 Å². The van der Waals surface area contributed by atoms with Crippen LogP contribution in [0.25, 0.3) is 0 Å². The van der Waals surface area contributed by atoms with E-state index in [1.807, 2.05) is 0 Å². The molecule has 0 aliphatic carbocycles. The highest BCUT2D eigenvalue weighted by Crippen LogP contribution is 2.11. The molecule has 0 aromatic heterocycles. The average Bonchev–Trinajstić information content (AvgIpc) is 1.31. The Labute approximate surface area is 65.8 Å². The van der Waals surface area contributed by atoms with Crippen LogP contribution in [0.1, 0.15) is 0 Å². The topological polar surface area (TPSA) is 80.9 Å². The number of aliphatic hydroxyl groups is 4. The summed E-state index contributed by atoms with van der Waals surface area (Å²) in [6.45, 7) is 0. The fourth-order valence-corrected chi connectivity index (χ4v) is 0. The van der Waals surface area contributed by atoms with Gasteiger partial charge in [-0.1, -0.05) is 9.24 Å². The van der Waals surface area contributed by atoms with E-state index in [9.17, 15) is 0 Å². The van der Waals surface area contributed by atoms with Gasteiger partial charge in [-0.05, 0) is 0 Å². The molecule has 0 aromatic rings. The van der Waals surface area contributed by atoms with Gasteiger partial charge in [0, 0.05) is 0 Å². The molecule has 1 atom stereocenters. The van der Waals surface area contributed by atoms with Gasteiger partial charge < -0.3 is 20.4 Å². The molecular weight excluding hydrogens is 246 g/mol. The highest BCUT2D eigenvalue weighted by atomic mass is 127. The van der Waals surface area contributed by atoms with Crippen LogP contribution in [0.5, 0.6) is 0 Å². The van der Waals surface area contributed by atoms with Crippen LogP contribution in [0.2, 0.25) is 0 Å². The molecular formula is C2H8IO4P. The van der Waals surface area contributed by atoms with Crippen molar-refractivity contribution in [3.63, 3.8) is 0 Å². The maximum atomic E-state index is 8.11. The Kier molecular flexibility index (Phi) is 5.76. The summed E-state index contributed by atoms with van der Waals surface area (Å²) in [5.41, 5.74) is -2.47. The van der Waals surface area contributed by atoms with Crippen molar-refractivity contribution < 1.29 is 20.4 Å². The Morgan fingerprint density at radius 3 is 1.38 bits per heavy atom. The predicted octanol–water partition coefficient (Wildman–Crippen LogP) is -1.57. The normalized spacial score (nSPS) is 11.2. The third-order valence-electron chi connectivity index (χ3n) is 0.380. The maximum Gasteiger partial charge on any atom is 0.228 e. The Bertz CT molecular complexity index is 59.5. The second-order valence-corrected chi connectivity index (χ2v) is 2.01. The molecule has 0 radical (unpaired) electrons. The highest BCUT2D eigenvalue weighted by Gasteiger charge is 2.24. The lowest BCUT2D eigenvalue weighted by Crippen LogP contribution is -2.34. The number of rotatable bonds is 1. The van der Waals surface area contributed by atoms with Gasteiger partial charge in [0.15, 0.2) is 0 Å². The zero-order chi connectivity index (χ0) is 6.08. The summed E-state index contributed by atoms with van der Waals surface area (Å²) < 4.78 is 0. The van der Waals surface area contributed by atoms with Gasteiger partial charge >= 0.3 is 0 Å². The standard InChI is InChI=1S/C2H7O4P.HI/c3-1(4)2(5,6)7;/h1,3-6H,7H2;1H. The van der Waals surface area contributed by atoms with E-state index in [2.05, 4.69) is 0 Å². The first-order chi connectivity index (χ1) is 2.94. The van der Waals surface area contributed by atoms with Crippen LogP contribution in [0.4, 0.5) is 0 Å². The molecule has 0 fully saturated rings. The van der Waals surface area contributed by atoms with Gasteiger partial charge in [0.2, 0.25) is 11.8 Å². The lowest BCUT2D eigenvalue weighted by atomic mass is 10.6. The number of hydrogen-bond donors (Lipinski definition) is 4. The summed E-state index contributed by atoms with van der Waals surface area (Å²) in [5.74, 6) is 0. The highest BCUT2D eigenvalue weighted by molar-refractivity contribution is 14.0. The quantitative estimate of drug-likeness (QED) is 0.259. The minimum absolute atomic E-state index is 0. The first kappa shape index (κ1) is 11.8. The molecule has 0 rings (SSSR count). The van der Waals surface area contributed by atoms with Gasteiger partial charge in [-0.25, -0.2) is 0 Å². The molecule has 8 heavy (non-hydrogen) atoms. The number of hydrogen-bond acceptors (Lipinski definition) is 4. The fraction of sp³-hybridized carbons (Fsp3) is 1.00. The van der Waals surface area contributed by atoms with E-state index in [0.29, 0.717) is 0 Å². The Balaban J connectivity index is 0. The molecule has 4 N–H and O–H groups in total. The Morgan fingerprint density at radius 2 is 1.38 bits per heavy atom. The van der Waals surface area contributed by atoms with E-state index in [-0.39, 0.29) is 24.0 Å². The molecule has 0 bridgehead atoms. The monoisotopic (exact) mass is 254 g/mol. The van der Waals surface area contributed by atoms with E-state index >= 15 is 0 Å². The molecule has 52 valence electrons. The summed E-state index contributed by atoms with van der Waals surface area (Å²) in [7, 11) is 1.44. The Hall–Kier alpha value is 1.000. The van der Waals surface area contributed by atoms with Crippen molar-refractivity contribution >= 4 is 33.2 Å². The van der Waals surface area contributed by atoms with E-state index in [4.69, 9.17) is 20.4 Å². The van der Waals surface area contributed by atoms with E-state index < -0.39 is 11.8 Å². The predicted molar refractivity (Wildman–Crippen MR) is 40.5 cm³/mol. The molecule has 0 saturated carbocycles. The maximum absolute atomic E-state index is 8.11. The molecule has 1 unspecified atom stereocenters. The minimum Gasteiger partial charge on any atom is -0.364 e. The molecule has 0 saturated heterocycles. The first-order valence-electron chi connectivity index (χ1n) is 1.54. The van der Waals surface area contributed by atoms with Gasteiger partial charge in [-0.3, -0.25) is 0 Å². The van der Waals surface area contributed by atoms with E-state index in [0.717, 1.165) is 0 Å². The SMILES string of the molecule is I.OC(O)C(O)(O)P. The molecule has 0 amide bonds. The van der Waals surface area contributed by atoms with Crippen LogP contribution in [0, 0.1) is 0 Å². The van der Waals surface area contributed by atoms with E-state index in [1.165, 1.54) is 9.24 Å². The van der Waals surface area contributed by atoms with Crippen LogP contribution in [0.3, 0.4) is 0 Å². The van der Waals surface area contributed by atoms with Gasteiger partial charge in [-0.15, -0.1) is 24.0 Å². The zero-order valence-electron chi connectivity index (χ0n) is 3.85. The molecule has 0 heterocycles. The molecule has 0 aromatic carbocycles. The van der Waals surface area contributed by atoms with Gasteiger partial charge in [0.05, 0.1) is 0 Å². The summed E-state index contributed by atoms with van der Waals surface area (Å²) >= 11 is 0. The van der Waals surface area contributed by atoms with Gasteiger partial charge in [-0.2, -0.15) is 0 Å². The fourth-order valence-electron chi connectivity index (χ4n) is 0. The second kappa shape index (κ2) is 3.92. The lowest BCUT2D eigenvalue weighted by molar-refractivity contribution is -0.233. The van der Waals surface area contributed by atoms with Crippen LogP contribution in [-0.2, 0) is 0 Å². The van der Waals surface area contributed by atoms with Crippen molar-refractivity contribution in [2.45, 2.75) is 11.8 Å². The first-order valence-corrected chi connectivity index (χ1v) is 2.12. The van der Waals surface area contributed by atoms with Crippen molar-refractivity contribution in [2.75, 3.05) is 0 Å². The van der Waals surface area contributed by atoms with Crippen LogP contribution in [0.15, 0.2) is 0 Å². The molecule has 6 heteroatoms. The summed E-state index contributed by atoms with van der Waals surface area (Å²) in [4.78, 5) is 0. The average molecular weight is 254 g/mol. The van der Waals surface area contributed by atoms with Crippen molar-refractivity contribution in [1.82, 2.24) is 0 Å². The third kappa shape index (κ3) is 5.14. The lowest BCUT2D eigenvalue weighted by Gasteiger charge is -2.16. The van der Waals surface area contributed by atoms with Gasteiger partial charge in [0.1, 0.15) is 0 Å². The van der Waals surface area contributed by atoms with Crippen molar-refractivity contribution in [2.24, 2.45) is 0 Å². The van der Waals surface area contributed by atoms with Crippen LogP contribution < -0.4 is 0 Å². The molecule has 0 spiro atoms. The Morgan fingerprint density at radius 1 is 1.25 bits per heavy atom. The van der Waals surface area contributed by atoms with Crippen LogP contribution >= 0.6 is 33.2 Å². The number of aliphatic hydroxyl groups excluding tert-OH is 1. The van der Waals surface area contributed by atoms with Crippen molar-refractivity contribution in [3.05, 3.63) is 0 Å². The van der Waals surface area contributed by atoms with Gasteiger partial charge in [0.25, 0.3) is 0 Å². The second-order valence-electron chi connectivity index (χ2n) is 1.16. The van der Waals surface area contributed by atoms with E-state index in [1.54, 1.807) is 0 Å². The molecule has 0 aliphatic rings. The van der Waals surface area contributed by atoms with Crippen molar-refractivity contribution in [3.8, 4) is 0 Å². The summed E-state index contributed by atoms with van der Waals surface area (Å²) in [6.07, 6.45) is -2.13.